The highest BCUT2D eigenvalue weighted by Gasteiger charge is 2.18. The first-order valence-electron chi connectivity index (χ1n) is 7.43. The normalized spacial score (nSPS) is 10.2. The molecule has 0 N–H and O–H groups in total. The number of methoxy groups -OCH3 is 1. The lowest BCUT2D eigenvalue weighted by Gasteiger charge is -2.13. The minimum absolute atomic E-state index is 0.260. The highest BCUT2D eigenvalue weighted by atomic mass is 79.9. The number of rotatable bonds is 7. The summed E-state index contributed by atoms with van der Waals surface area (Å²) in [4.78, 5) is 24.4. The second kappa shape index (κ2) is 9.01. The van der Waals surface area contributed by atoms with E-state index in [0.717, 1.165) is 0 Å². The molecule has 2 aromatic carbocycles. The van der Waals surface area contributed by atoms with Gasteiger partial charge in [0.25, 0.3) is 0 Å². The van der Waals surface area contributed by atoms with E-state index >= 15 is 0 Å². The van der Waals surface area contributed by atoms with Gasteiger partial charge in [0.05, 0.1) is 23.8 Å². The summed E-state index contributed by atoms with van der Waals surface area (Å²) in [6.07, 6.45) is 0. The Morgan fingerprint density at radius 2 is 1.80 bits per heavy atom. The molecule has 25 heavy (non-hydrogen) atoms. The van der Waals surface area contributed by atoms with Gasteiger partial charge >= 0.3 is 5.97 Å². The molecule has 0 unspecified atom stereocenters. The van der Waals surface area contributed by atoms with E-state index in [1.165, 1.54) is 13.2 Å². The molecular weight excluding hydrogens is 456 g/mol. The summed E-state index contributed by atoms with van der Waals surface area (Å²) in [5.74, 6) is -0.00529. The van der Waals surface area contributed by atoms with E-state index in [9.17, 15) is 9.59 Å². The molecule has 132 valence electrons. The number of ether oxygens (including phenoxy) is 3. The lowest BCUT2D eigenvalue weighted by atomic mass is 10.1. The number of halogens is 2. The van der Waals surface area contributed by atoms with Crippen molar-refractivity contribution in [1.82, 2.24) is 0 Å². The van der Waals surface area contributed by atoms with E-state index in [-0.39, 0.29) is 18.0 Å². The molecule has 0 amide bonds. The molecule has 0 fully saturated rings. The van der Waals surface area contributed by atoms with Crippen LogP contribution >= 0.6 is 31.9 Å². The Labute approximate surface area is 162 Å². The van der Waals surface area contributed by atoms with Crippen molar-refractivity contribution in [3.63, 3.8) is 0 Å². The zero-order valence-electron chi connectivity index (χ0n) is 13.7. The lowest BCUT2D eigenvalue weighted by Crippen LogP contribution is -2.15. The topological polar surface area (TPSA) is 61.8 Å². The number of benzene rings is 2. The maximum absolute atomic E-state index is 12.3. The van der Waals surface area contributed by atoms with Gasteiger partial charge in [0.15, 0.2) is 18.1 Å². The monoisotopic (exact) mass is 470 g/mol. The van der Waals surface area contributed by atoms with Crippen LogP contribution in [0.5, 0.6) is 11.5 Å². The Hall–Kier alpha value is -1.86. The highest BCUT2D eigenvalue weighted by Crippen LogP contribution is 2.36. The molecule has 0 bridgehead atoms. The third-order valence-electron chi connectivity index (χ3n) is 3.26. The Bertz CT molecular complexity index is 789. The lowest BCUT2D eigenvalue weighted by molar-refractivity contribution is 0.0474. The van der Waals surface area contributed by atoms with Crippen LogP contribution in [-0.2, 0) is 4.74 Å². The minimum Gasteiger partial charge on any atom is -0.492 e. The van der Waals surface area contributed by atoms with E-state index < -0.39 is 5.97 Å². The van der Waals surface area contributed by atoms with E-state index in [1.807, 2.05) is 6.92 Å². The van der Waals surface area contributed by atoms with Gasteiger partial charge < -0.3 is 14.2 Å². The van der Waals surface area contributed by atoms with Gasteiger partial charge in [0.1, 0.15) is 0 Å². The van der Waals surface area contributed by atoms with Gasteiger partial charge in [-0.15, -0.1) is 0 Å². The maximum Gasteiger partial charge on any atom is 0.338 e. The van der Waals surface area contributed by atoms with Gasteiger partial charge in [-0.25, -0.2) is 4.79 Å². The number of hydrogen-bond acceptors (Lipinski definition) is 5. The number of hydrogen-bond donors (Lipinski definition) is 0. The van der Waals surface area contributed by atoms with Crippen molar-refractivity contribution in [3.8, 4) is 11.5 Å². The second-order valence-corrected chi connectivity index (χ2v) is 6.61. The van der Waals surface area contributed by atoms with Gasteiger partial charge in [0.2, 0.25) is 5.78 Å². The minimum atomic E-state index is -0.621. The van der Waals surface area contributed by atoms with E-state index in [2.05, 4.69) is 31.9 Å². The van der Waals surface area contributed by atoms with Crippen molar-refractivity contribution in [2.24, 2.45) is 0 Å². The van der Waals surface area contributed by atoms with Crippen molar-refractivity contribution < 1.29 is 23.8 Å². The van der Waals surface area contributed by atoms with Crippen molar-refractivity contribution in [1.29, 1.82) is 0 Å². The van der Waals surface area contributed by atoms with Gasteiger partial charge in [0, 0.05) is 10.0 Å². The molecule has 0 aliphatic heterocycles. The molecule has 2 rings (SSSR count). The summed E-state index contributed by atoms with van der Waals surface area (Å²) in [5.41, 5.74) is 0.720. The predicted molar refractivity (Wildman–Crippen MR) is 101 cm³/mol. The molecular formula is C18H16Br2O5. The fourth-order valence-corrected chi connectivity index (χ4v) is 3.24. The fraction of sp³-hybridized carbons (Fsp3) is 0.222. The summed E-state index contributed by atoms with van der Waals surface area (Å²) >= 11 is 6.64. The Kier molecular flexibility index (Phi) is 7.01. The number of Topliss-reactive ketones (excluding diaryl/α,β-unsaturated/α-hetero) is 1. The molecule has 0 heterocycles. The first-order chi connectivity index (χ1) is 12.0. The zero-order valence-corrected chi connectivity index (χ0v) is 16.8. The predicted octanol–water partition coefficient (Wildman–Crippen LogP) is 4.66. The Morgan fingerprint density at radius 3 is 2.44 bits per heavy atom. The average Bonchev–Trinajstić information content (AvgIpc) is 2.59. The SMILES string of the molecule is CCOc1cc(C(=O)OCC(=O)c2ccccc2Br)cc(Br)c1OC. The maximum atomic E-state index is 12.3. The van der Waals surface area contributed by atoms with Crippen molar-refractivity contribution in [2.45, 2.75) is 6.92 Å². The number of esters is 1. The number of ketones is 1. The van der Waals surface area contributed by atoms with Gasteiger partial charge in [-0.05, 0) is 41.1 Å². The molecule has 2 aromatic rings. The number of carbonyl (C=O) groups excluding carboxylic acids is 2. The Morgan fingerprint density at radius 1 is 1.08 bits per heavy atom. The average molecular weight is 472 g/mol. The van der Waals surface area contributed by atoms with Crippen LogP contribution in [0.4, 0.5) is 0 Å². The molecule has 0 aliphatic carbocycles. The van der Waals surface area contributed by atoms with Crippen LogP contribution in [0.25, 0.3) is 0 Å². The van der Waals surface area contributed by atoms with Gasteiger partial charge in [-0.1, -0.05) is 34.1 Å². The van der Waals surface area contributed by atoms with Crippen LogP contribution in [0.3, 0.4) is 0 Å². The summed E-state index contributed by atoms with van der Waals surface area (Å²) in [7, 11) is 1.51. The van der Waals surface area contributed by atoms with E-state index in [4.69, 9.17) is 14.2 Å². The first kappa shape index (κ1) is 19.5. The Balaban J connectivity index is 2.13. The smallest absolute Gasteiger partial charge is 0.338 e. The first-order valence-corrected chi connectivity index (χ1v) is 9.01. The van der Waals surface area contributed by atoms with Crippen LogP contribution < -0.4 is 9.47 Å². The summed E-state index contributed by atoms with van der Waals surface area (Å²) in [6.45, 7) is 1.89. The molecule has 0 aliphatic rings. The quantitative estimate of drug-likeness (QED) is 0.434. The van der Waals surface area contributed by atoms with E-state index in [1.54, 1.807) is 30.3 Å². The van der Waals surface area contributed by atoms with Crippen LogP contribution in [0.1, 0.15) is 27.6 Å². The fourth-order valence-electron chi connectivity index (χ4n) is 2.13. The molecule has 7 heteroatoms. The van der Waals surface area contributed by atoms with Crippen LogP contribution in [-0.4, -0.2) is 32.1 Å². The van der Waals surface area contributed by atoms with Crippen molar-refractivity contribution in [3.05, 3.63) is 56.5 Å². The molecule has 0 saturated carbocycles. The third-order valence-corrected chi connectivity index (χ3v) is 4.54. The largest absolute Gasteiger partial charge is 0.492 e. The molecule has 0 saturated heterocycles. The second-order valence-electron chi connectivity index (χ2n) is 4.90. The van der Waals surface area contributed by atoms with Gasteiger partial charge in [-0.3, -0.25) is 4.79 Å². The van der Waals surface area contributed by atoms with Gasteiger partial charge in [-0.2, -0.15) is 0 Å². The standard InChI is InChI=1S/C18H16Br2O5/c1-3-24-16-9-11(8-14(20)17(16)23-2)18(22)25-10-15(21)12-6-4-5-7-13(12)19/h4-9H,3,10H2,1-2H3. The highest BCUT2D eigenvalue weighted by molar-refractivity contribution is 9.10. The zero-order chi connectivity index (χ0) is 18.4. The molecule has 0 aromatic heterocycles. The summed E-state index contributed by atoms with van der Waals surface area (Å²) in [5, 5.41) is 0. The van der Waals surface area contributed by atoms with Crippen LogP contribution in [0, 0.1) is 0 Å². The third kappa shape index (κ3) is 4.83. The number of carbonyl (C=O) groups is 2. The molecule has 0 spiro atoms. The van der Waals surface area contributed by atoms with Crippen molar-refractivity contribution >= 4 is 43.6 Å². The molecule has 0 radical (unpaired) electrons. The van der Waals surface area contributed by atoms with Crippen LogP contribution in [0.15, 0.2) is 45.3 Å². The molecule has 5 nitrogen and oxygen atoms in total. The molecule has 0 atom stereocenters. The summed E-state index contributed by atoms with van der Waals surface area (Å²) in [6, 6.07) is 10.1. The van der Waals surface area contributed by atoms with Crippen molar-refractivity contribution in [2.75, 3.05) is 20.3 Å². The summed E-state index contributed by atoms with van der Waals surface area (Å²) < 4.78 is 17.1. The van der Waals surface area contributed by atoms with E-state index in [0.29, 0.717) is 32.6 Å². The van der Waals surface area contributed by atoms with Crippen LogP contribution in [0.2, 0.25) is 0 Å².